The van der Waals surface area contributed by atoms with Crippen molar-refractivity contribution in [2.75, 3.05) is 6.54 Å². The number of aromatic nitrogens is 3. The van der Waals surface area contributed by atoms with Gasteiger partial charge < -0.3 is 15.7 Å². The Labute approximate surface area is 208 Å². The average Bonchev–Trinajstić information content (AvgIpc) is 3.33. The Kier molecular flexibility index (Phi) is 6.79. The predicted octanol–water partition coefficient (Wildman–Crippen LogP) is 3.51. The van der Waals surface area contributed by atoms with E-state index in [-0.39, 0.29) is 29.2 Å². The lowest BCUT2D eigenvalue weighted by atomic mass is 9.65. The zero-order chi connectivity index (χ0) is 26.1. The number of hydrogen-bond acceptors (Lipinski definition) is 5. The second-order valence-corrected chi connectivity index (χ2v) is 10.3. The molecule has 2 aromatic heterocycles. The molecule has 0 spiro atoms. The number of rotatable bonds is 7. The lowest BCUT2D eigenvalue weighted by Gasteiger charge is -2.41. The van der Waals surface area contributed by atoms with E-state index in [1.54, 1.807) is 32.0 Å². The molecule has 0 unspecified atom stereocenters. The summed E-state index contributed by atoms with van der Waals surface area (Å²) in [6, 6.07) is 7.61. The van der Waals surface area contributed by atoms with Crippen LogP contribution in [0.15, 0.2) is 36.5 Å². The molecule has 0 bridgehead atoms. The summed E-state index contributed by atoms with van der Waals surface area (Å²) in [5.74, 6) is -1.97. The molecule has 0 radical (unpaired) electrons. The van der Waals surface area contributed by atoms with Gasteiger partial charge in [-0.15, -0.1) is 0 Å². The summed E-state index contributed by atoms with van der Waals surface area (Å²) in [6.45, 7) is 6.02. The monoisotopic (exact) mass is 495 g/mol. The van der Waals surface area contributed by atoms with Gasteiger partial charge in [0.25, 0.3) is 11.8 Å². The summed E-state index contributed by atoms with van der Waals surface area (Å²) in [7, 11) is 0. The molecule has 0 aliphatic heterocycles. The maximum atomic E-state index is 13.5. The van der Waals surface area contributed by atoms with Crippen LogP contribution in [0.2, 0.25) is 0 Å². The van der Waals surface area contributed by atoms with Crippen LogP contribution in [0.5, 0.6) is 0 Å². The number of nitrogens with one attached hydrogen (secondary N) is 2. The van der Waals surface area contributed by atoms with Crippen molar-refractivity contribution in [2.45, 2.75) is 53.0 Å². The third-order valence-electron chi connectivity index (χ3n) is 7.25. The van der Waals surface area contributed by atoms with Gasteiger partial charge in [-0.3, -0.25) is 14.4 Å². The van der Waals surface area contributed by atoms with Gasteiger partial charge in [0.2, 0.25) is 0 Å². The van der Waals surface area contributed by atoms with E-state index in [0.29, 0.717) is 43.4 Å². The van der Waals surface area contributed by atoms with Gasteiger partial charge in [-0.05, 0) is 62.1 Å². The first-order valence-electron chi connectivity index (χ1n) is 11.9. The van der Waals surface area contributed by atoms with Gasteiger partial charge in [0.15, 0.2) is 5.65 Å². The zero-order valence-corrected chi connectivity index (χ0v) is 20.6. The van der Waals surface area contributed by atoms with Crippen molar-refractivity contribution >= 4 is 23.4 Å². The van der Waals surface area contributed by atoms with Crippen LogP contribution < -0.4 is 10.6 Å². The number of halogens is 1. The summed E-state index contributed by atoms with van der Waals surface area (Å²) in [5.41, 5.74) is 0.852. The Hall–Kier alpha value is -3.82. The summed E-state index contributed by atoms with van der Waals surface area (Å²) in [5, 5.41) is 19.3. The van der Waals surface area contributed by atoms with E-state index in [0.717, 1.165) is 5.56 Å². The Balaban J connectivity index is 1.46. The van der Waals surface area contributed by atoms with E-state index in [4.69, 9.17) is 0 Å². The third kappa shape index (κ3) is 5.22. The van der Waals surface area contributed by atoms with Gasteiger partial charge in [0.05, 0.1) is 11.6 Å². The van der Waals surface area contributed by atoms with Crippen LogP contribution in [0.4, 0.5) is 4.39 Å². The number of carboxylic acid groups (broad SMARTS) is 1. The number of benzene rings is 1. The number of amides is 2. The van der Waals surface area contributed by atoms with Crippen LogP contribution in [0.1, 0.15) is 71.6 Å². The van der Waals surface area contributed by atoms with Crippen molar-refractivity contribution in [3.63, 3.8) is 0 Å². The second-order valence-electron chi connectivity index (χ2n) is 10.3. The standard InChI is InChI=1S/C26H30FN5O4/c1-16-12-17(4-5-18(16)27)14-28-22(33)19-13-20(32-21(31-19)6-11-30-32)23(34)29-15-25(2)7-9-26(3,10-8-25)24(35)36/h4-6,11-13H,7-10,14-15H2,1-3H3,(H,28,33)(H,29,34)(H,35,36). The summed E-state index contributed by atoms with van der Waals surface area (Å²) >= 11 is 0. The molecule has 1 aromatic carbocycles. The molecule has 3 N–H and O–H groups in total. The largest absolute Gasteiger partial charge is 0.481 e. The van der Waals surface area contributed by atoms with Crippen molar-refractivity contribution in [2.24, 2.45) is 10.8 Å². The number of carbonyl (C=O) groups excluding carboxylic acids is 2. The first-order chi connectivity index (χ1) is 17.0. The van der Waals surface area contributed by atoms with Crippen LogP contribution in [0.3, 0.4) is 0 Å². The molecule has 2 heterocycles. The highest BCUT2D eigenvalue weighted by molar-refractivity contribution is 5.98. The van der Waals surface area contributed by atoms with Crippen molar-refractivity contribution in [3.05, 3.63) is 64.9 Å². The van der Waals surface area contributed by atoms with E-state index in [1.165, 1.54) is 22.8 Å². The molecule has 10 heteroatoms. The number of carbonyl (C=O) groups is 3. The second kappa shape index (κ2) is 9.67. The van der Waals surface area contributed by atoms with E-state index in [9.17, 15) is 23.9 Å². The minimum Gasteiger partial charge on any atom is -0.481 e. The predicted molar refractivity (Wildman–Crippen MR) is 130 cm³/mol. The number of aryl methyl sites for hydroxylation is 1. The lowest BCUT2D eigenvalue weighted by Crippen LogP contribution is -2.42. The average molecular weight is 496 g/mol. The smallest absolute Gasteiger partial charge is 0.309 e. The van der Waals surface area contributed by atoms with Gasteiger partial charge in [-0.1, -0.05) is 19.1 Å². The number of aliphatic carboxylic acids is 1. The Morgan fingerprint density at radius 3 is 2.44 bits per heavy atom. The molecular formula is C26H30FN5O4. The molecule has 4 rings (SSSR count). The fraction of sp³-hybridized carbons (Fsp3) is 0.423. The van der Waals surface area contributed by atoms with Crippen LogP contribution in [0.25, 0.3) is 5.65 Å². The highest BCUT2D eigenvalue weighted by Crippen LogP contribution is 2.45. The summed E-state index contributed by atoms with van der Waals surface area (Å²) in [6.07, 6.45) is 3.95. The van der Waals surface area contributed by atoms with E-state index in [1.807, 2.05) is 6.92 Å². The Morgan fingerprint density at radius 2 is 1.78 bits per heavy atom. The molecular weight excluding hydrogens is 465 g/mol. The highest BCUT2D eigenvalue weighted by atomic mass is 19.1. The van der Waals surface area contributed by atoms with Gasteiger partial charge in [-0.25, -0.2) is 13.9 Å². The summed E-state index contributed by atoms with van der Waals surface area (Å²) in [4.78, 5) is 41.8. The molecule has 0 atom stereocenters. The quantitative estimate of drug-likeness (QED) is 0.461. The normalized spacial score (nSPS) is 21.8. The first kappa shape index (κ1) is 25.3. The summed E-state index contributed by atoms with van der Waals surface area (Å²) < 4.78 is 14.9. The SMILES string of the molecule is Cc1cc(CNC(=O)c2cc(C(=O)NCC3(C)CCC(C)(C(=O)O)CC3)n3nccc3n2)ccc1F. The van der Waals surface area contributed by atoms with Crippen molar-refractivity contribution in [1.29, 1.82) is 0 Å². The lowest BCUT2D eigenvalue weighted by molar-refractivity contribution is -0.151. The highest BCUT2D eigenvalue weighted by Gasteiger charge is 2.42. The van der Waals surface area contributed by atoms with Crippen LogP contribution in [0, 0.1) is 23.6 Å². The number of fused-ring (bicyclic) bond motifs is 1. The molecule has 1 saturated carbocycles. The number of carboxylic acids is 1. The van der Waals surface area contributed by atoms with Crippen molar-refractivity contribution < 1.29 is 23.9 Å². The molecule has 1 fully saturated rings. The van der Waals surface area contributed by atoms with Crippen LogP contribution in [-0.4, -0.2) is 44.0 Å². The Morgan fingerprint density at radius 1 is 1.06 bits per heavy atom. The zero-order valence-electron chi connectivity index (χ0n) is 20.6. The van der Waals surface area contributed by atoms with Crippen LogP contribution >= 0.6 is 0 Å². The minimum atomic E-state index is -0.785. The van der Waals surface area contributed by atoms with Gasteiger partial charge in [0.1, 0.15) is 17.2 Å². The van der Waals surface area contributed by atoms with Crippen molar-refractivity contribution in [3.8, 4) is 0 Å². The van der Waals surface area contributed by atoms with Crippen molar-refractivity contribution in [1.82, 2.24) is 25.2 Å². The fourth-order valence-corrected chi connectivity index (χ4v) is 4.46. The van der Waals surface area contributed by atoms with E-state index < -0.39 is 23.2 Å². The van der Waals surface area contributed by atoms with E-state index in [2.05, 4.69) is 20.7 Å². The molecule has 36 heavy (non-hydrogen) atoms. The molecule has 2 amide bonds. The maximum Gasteiger partial charge on any atom is 0.309 e. The number of hydrogen-bond donors (Lipinski definition) is 3. The molecule has 1 aliphatic rings. The maximum absolute atomic E-state index is 13.5. The van der Waals surface area contributed by atoms with Gasteiger partial charge in [-0.2, -0.15) is 5.10 Å². The molecule has 1 aliphatic carbocycles. The molecule has 3 aromatic rings. The molecule has 9 nitrogen and oxygen atoms in total. The first-order valence-corrected chi connectivity index (χ1v) is 11.9. The topological polar surface area (TPSA) is 126 Å². The Bertz CT molecular complexity index is 1330. The minimum absolute atomic E-state index is 0.0630. The fourth-order valence-electron chi connectivity index (χ4n) is 4.46. The van der Waals surface area contributed by atoms with Crippen LogP contribution in [-0.2, 0) is 11.3 Å². The third-order valence-corrected chi connectivity index (χ3v) is 7.25. The van der Waals surface area contributed by atoms with Gasteiger partial charge in [0, 0.05) is 25.2 Å². The van der Waals surface area contributed by atoms with E-state index >= 15 is 0 Å². The number of nitrogens with zero attached hydrogens (tertiary/aromatic N) is 3. The van der Waals surface area contributed by atoms with Gasteiger partial charge >= 0.3 is 5.97 Å². The molecule has 0 saturated heterocycles. The molecule has 190 valence electrons.